The zero-order chi connectivity index (χ0) is 21.2. The number of sulfone groups is 1. The van der Waals surface area contributed by atoms with E-state index in [9.17, 15) is 18.0 Å². The molecule has 0 radical (unpaired) electrons. The fourth-order valence-corrected chi connectivity index (χ4v) is 6.30. The summed E-state index contributed by atoms with van der Waals surface area (Å²) >= 11 is 6.51. The summed E-state index contributed by atoms with van der Waals surface area (Å²) in [5, 5.41) is 0. The first-order valence-electron chi connectivity index (χ1n) is 9.05. The van der Waals surface area contributed by atoms with Gasteiger partial charge in [-0.25, -0.2) is 8.42 Å². The van der Waals surface area contributed by atoms with Gasteiger partial charge in [0.1, 0.15) is 10.1 Å². The van der Waals surface area contributed by atoms with Crippen LogP contribution in [0.4, 0.5) is 0 Å². The lowest BCUT2D eigenvalue weighted by molar-refractivity contribution is -0.132. The van der Waals surface area contributed by atoms with E-state index in [-0.39, 0.29) is 42.3 Å². The molecule has 2 amide bonds. The Hall–Kier alpha value is -1.91. The minimum Gasteiger partial charge on any atom is -0.497 e. The summed E-state index contributed by atoms with van der Waals surface area (Å²) in [5.74, 6) is 0.420. The minimum absolute atomic E-state index is 0.000889. The highest BCUT2D eigenvalue weighted by atomic mass is 32.2. The number of nitrogens with zero attached hydrogens (tertiary/aromatic N) is 2. The molecule has 0 aliphatic carbocycles. The number of hydrogen-bond donors (Lipinski definition) is 0. The minimum atomic E-state index is -3.06. The van der Waals surface area contributed by atoms with Crippen LogP contribution in [0, 0.1) is 0 Å². The Kier molecular flexibility index (Phi) is 6.65. The standard InChI is InChI=1S/C19H22N2O5S3/c1-20(14-8-10-29(24,25)12-14)17(22)7-9-21-18(23)16(28-19(21)27)11-13-3-5-15(26-2)6-4-13/h3-6,11,14H,7-10,12H2,1-2H3. The molecule has 10 heteroatoms. The largest absolute Gasteiger partial charge is 0.497 e. The van der Waals surface area contributed by atoms with Gasteiger partial charge in [-0.05, 0) is 30.2 Å². The Morgan fingerprint density at radius 1 is 1.38 bits per heavy atom. The van der Waals surface area contributed by atoms with E-state index in [1.165, 1.54) is 21.6 Å². The average molecular weight is 455 g/mol. The fourth-order valence-electron chi connectivity index (χ4n) is 3.21. The molecule has 0 aromatic heterocycles. The fraction of sp³-hybridized carbons (Fsp3) is 0.421. The van der Waals surface area contributed by atoms with Crippen molar-refractivity contribution in [2.75, 3.05) is 32.2 Å². The van der Waals surface area contributed by atoms with Crippen LogP contribution in [-0.2, 0) is 19.4 Å². The number of benzene rings is 1. The summed E-state index contributed by atoms with van der Waals surface area (Å²) in [5.41, 5.74) is 0.851. The molecule has 1 atom stereocenters. The molecule has 3 rings (SSSR count). The second-order valence-electron chi connectivity index (χ2n) is 6.92. The van der Waals surface area contributed by atoms with Crippen LogP contribution in [0.5, 0.6) is 5.75 Å². The molecule has 0 saturated carbocycles. The molecule has 7 nitrogen and oxygen atoms in total. The first-order valence-corrected chi connectivity index (χ1v) is 12.1. The zero-order valence-corrected chi connectivity index (χ0v) is 18.6. The van der Waals surface area contributed by atoms with E-state index >= 15 is 0 Å². The summed E-state index contributed by atoms with van der Waals surface area (Å²) in [6.07, 6.45) is 2.31. The SMILES string of the molecule is COc1ccc(C=C2SC(=S)N(CCC(=O)N(C)C3CCS(=O)(=O)C3)C2=O)cc1. The van der Waals surface area contributed by atoms with Gasteiger partial charge in [0.25, 0.3) is 5.91 Å². The van der Waals surface area contributed by atoms with Crippen LogP contribution in [0.1, 0.15) is 18.4 Å². The highest BCUT2D eigenvalue weighted by Gasteiger charge is 2.35. The maximum atomic E-state index is 12.7. The van der Waals surface area contributed by atoms with E-state index in [0.717, 1.165) is 11.3 Å². The molecule has 2 fully saturated rings. The Balaban J connectivity index is 1.59. The smallest absolute Gasteiger partial charge is 0.266 e. The van der Waals surface area contributed by atoms with Crippen LogP contribution in [-0.4, -0.2) is 72.6 Å². The van der Waals surface area contributed by atoms with Gasteiger partial charge in [-0.2, -0.15) is 0 Å². The van der Waals surface area contributed by atoms with Crippen LogP contribution in [0.2, 0.25) is 0 Å². The maximum Gasteiger partial charge on any atom is 0.266 e. The number of methoxy groups -OCH3 is 1. The summed E-state index contributed by atoms with van der Waals surface area (Å²) < 4.78 is 28.8. The van der Waals surface area contributed by atoms with Gasteiger partial charge in [0, 0.05) is 26.1 Å². The van der Waals surface area contributed by atoms with E-state index in [4.69, 9.17) is 17.0 Å². The number of carbonyl (C=O) groups is 2. The molecular formula is C19H22N2O5S3. The monoisotopic (exact) mass is 454 g/mol. The lowest BCUT2D eigenvalue weighted by atomic mass is 10.2. The number of ether oxygens (including phenoxy) is 1. The van der Waals surface area contributed by atoms with Crippen molar-refractivity contribution in [1.29, 1.82) is 0 Å². The molecule has 29 heavy (non-hydrogen) atoms. The van der Waals surface area contributed by atoms with Crippen molar-refractivity contribution in [2.45, 2.75) is 18.9 Å². The Labute approximate surface area is 180 Å². The van der Waals surface area contributed by atoms with Gasteiger partial charge >= 0.3 is 0 Å². The predicted octanol–water partition coefficient (Wildman–Crippen LogP) is 1.93. The Morgan fingerprint density at radius 3 is 2.66 bits per heavy atom. The Morgan fingerprint density at radius 2 is 2.07 bits per heavy atom. The van der Waals surface area contributed by atoms with E-state index in [0.29, 0.717) is 15.6 Å². The van der Waals surface area contributed by atoms with Crippen molar-refractivity contribution in [1.82, 2.24) is 9.80 Å². The predicted molar refractivity (Wildman–Crippen MR) is 117 cm³/mol. The van der Waals surface area contributed by atoms with E-state index < -0.39 is 9.84 Å². The summed E-state index contributed by atoms with van der Waals surface area (Å²) in [4.78, 5) is 28.6. The number of rotatable bonds is 6. The number of hydrogen-bond acceptors (Lipinski definition) is 7. The quantitative estimate of drug-likeness (QED) is 0.480. The molecule has 0 spiro atoms. The number of amides is 2. The van der Waals surface area contributed by atoms with Gasteiger partial charge in [-0.3, -0.25) is 14.5 Å². The third-order valence-electron chi connectivity index (χ3n) is 4.99. The van der Waals surface area contributed by atoms with Crippen LogP contribution in [0.15, 0.2) is 29.2 Å². The average Bonchev–Trinajstić information content (AvgIpc) is 3.18. The lowest BCUT2D eigenvalue weighted by Gasteiger charge is -2.24. The van der Waals surface area contributed by atoms with Gasteiger partial charge < -0.3 is 9.64 Å². The first-order chi connectivity index (χ1) is 13.7. The zero-order valence-electron chi connectivity index (χ0n) is 16.2. The van der Waals surface area contributed by atoms with Gasteiger partial charge in [0.05, 0.1) is 23.5 Å². The normalized spacial score (nSPS) is 22.3. The molecule has 0 bridgehead atoms. The van der Waals surface area contributed by atoms with Crippen LogP contribution in [0.3, 0.4) is 0 Å². The van der Waals surface area contributed by atoms with Gasteiger partial charge in [0.15, 0.2) is 9.84 Å². The topological polar surface area (TPSA) is 84.0 Å². The highest BCUT2D eigenvalue weighted by Crippen LogP contribution is 2.33. The number of carbonyl (C=O) groups excluding carboxylic acids is 2. The lowest BCUT2D eigenvalue weighted by Crippen LogP contribution is -2.40. The molecule has 2 aliphatic rings. The van der Waals surface area contributed by atoms with Crippen molar-refractivity contribution in [3.8, 4) is 5.75 Å². The summed E-state index contributed by atoms with van der Waals surface area (Å²) in [6, 6.07) is 7.02. The molecule has 156 valence electrons. The van der Waals surface area contributed by atoms with Crippen molar-refractivity contribution in [2.24, 2.45) is 0 Å². The summed E-state index contributed by atoms with van der Waals surface area (Å²) in [7, 11) is 0.139. The second kappa shape index (κ2) is 8.85. The molecule has 2 heterocycles. The number of thiocarbonyl (C=S) groups is 1. The highest BCUT2D eigenvalue weighted by molar-refractivity contribution is 8.26. The Bertz CT molecular complexity index is 957. The van der Waals surface area contributed by atoms with E-state index in [1.54, 1.807) is 20.2 Å². The van der Waals surface area contributed by atoms with Crippen LogP contribution in [0.25, 0.3) is 6.08 Å². The van der Waals surface area contributed by atoms with Crippen LogP contribution >= 0.6 is 24.0 Å². The molecule has 1 aromatic carbocycles. The molecular weight excluding hydrogens is 432 g/mol. The molecule has 2 aliphatic heterocycles. The van der Waals surface area contributed by atoms with E-state index in [2.05, 4.69) is 0 Å². The maximum absolute atomic E-state index is 12.7. The van der Waals surface area contributed by atoms with Gasteiger partial charge in [-0.1, -0.05) is 36.1 Å². The molecule has 1 aromatic rings. The number of thioether (sulfide) groups is 1. The van der Waals surface area contributed by atoms with Crippen molar-refractivity contribution in [3.63, 3.8) is 0 Å². The molecule has 2 saturated heterocycles. The third kappa shape index (κ3) is 5.18. The van der Waals surface area contributed by atoms with Crippen molar-refractivity contribution in [3.05, 3.63) is 34.7 Å². The second-order valence-corrected chi connectivity index (χ2v) is 10.8. The molecule has 0 N–H and O–H groups in total. The summed E-state index contributed by atoms with van der Waals surface area (Å²) in [6.45, 7) is 0.174. The molecule has 1 unspecified atom stereocenters. The first kappa shape index (κ1) is 21.8. The third-order valence-corrected chi connectivity index (χ3v) is 8.11. The van der Waals surface area contributed by atoms with Gasteiger partial charge in [-0.15, -0.1) is 0 Å². The van der Waals surface area contributed by atoms with Crippen LogP contribution < -0.4 is 4.74 Å². The van der Waals surface area contributed by atoms with E-state index in [1.807, 2.05) is 24.3 Å². The van der Waals surface area contributed by atoms with Crippen molar-refractivity contribution < 1.29 is 22.7 Å². The van der Waals surface area contributed by atoms with Crippen molar-refractivity contribution >= 4 is 56.0 Å². The van der Waals surface area contributed by atoms with Gasteiger partial charge in [0.2, 0.25) is 5.91 Å².